The Morgan fingerprint density at radius 1 is 1.19 bits per heavy atom. The average molecular weight is 284 g/mol. The summed E-state index contributed by atoms with van der Waals surface area (Å²) in [6.45, 7) is 2.85. The Bertz CT molecular complexity index is 638. The number of carbonyl (C=O) groups is 1. The van der Waals surface area contributed by atoms with Crippen molar-refractivity contribution in [3.8, 4) is 0 Å². The summed E-state index contributed by atoms with van der Waals surface area (Å²) in [6, 6.07) is 13.6. The van der Waals surface area contributed by atoms with Crippen LogP contribution in [0.3, 0.4) is 0 Å². The molecule has 0 spiro atoms. The molecule has 0 saturated carbocycles. The van der Waals surface area contributed by atoms with Gasteiger partial charge in [0.25, 0.3) is 0 Å². The highest BCUT2D eigenvalue weighted by Crippen LogP contribution is 2.23. The summed E-state index contributed by atoms with van der Waals surface area (Å²) in [5.74, 6) is -0.421. The molecule has 4 heteroatoms. The Morgan fingerprint density at radius 3 is 2.67 bits per heavy atom. The standard InChI is InChI=1S/C17H20N2O2/c1-12-6-3-4-7-13(12)10-11-19-15-9-5-8-14(16(15)18)17(20)21-2/h3-9,19H,10-11,18H2,1-2H3. The molecular weight excluding hydrogens is 264 g/mol. The first-order valence-electron chi connectivity index (χ1n) is 6.88. The third kappa shape index (κ3) is 3.54. The molecule has 0 heterocycles. The van der Waals surface area contributed by atoms with E-state index in [1.54, 1.807) is 12.1 Å². The van der Waals surface area contributed by atoms with Gasteiger partial charge < -0.3 is 15.8 Å². The van der Waals surface area contributed by atoms with E-state index in [9.17, 15) is 4.79 Å². The molecule has 0 aliphatic heterocycles. The minimum atomic E-state index is -0.421. The van der Waals surface area contributed by atoms with Crippen LogP contribution in [0.15, 0.2) is 42.5 Å². The quantitative estimate of drug-likeness (QED) is 0.654. The lowest BCUT2D eigenvalue weighted by Crippen LogP contribution is -2.11. The lowest BCUT2D eigenvalue weighted by atomic mass is 10.1. The fraction of sp³-hybridized carbons (Fsp3) is 0.235. The van der Waals surface area contributed by atoms with Gasteiger partial charge in [0.15, 0.2) is 0 Å². The number of nitrogen functional groups attached to an aromatic ring is 1. The van der Waals surface area contributed by atoms with Crippen molar-refractivity contribution in [2.45, 2.75) is 13.3 Å². The number of benzene rings is 2. The Hall–Kier alpha value is -2.49. The van der Waals surface area contributed by atoms with Gasteiger partial charge in [-0.05, 0) is 36.6 Å². The maximum Gasteiger partial charge on any atom is 0.340 e. The van der Waals surface area contributed by atoms with E-state index < -0.39 is 5.97 Å². The van der Waals surface area contributed by atoms with Crippen LogP contribution in [0, 0.1) is 6.92 Å². The van der Waals surface area contributed by atoms with Crippen molar-refractivity contribution in [2.24, 2.45) is 0 Å². The highest BCUT2D eigenvalue weighted by Gasteiger charge is 2.12. The van der Waals surface area contributed by atoms with Crippen LogP contribution in [0.5, 0.6) is 0 Å². The molecule has 0 radical (unpaired) electrons. The molecule has 2 aromatic rings. The number of carbonyl (C=O) groups excluding carboxylic acids is 1. The van der Waals surface area contributed by atoms with Crippen molar-refractivity contribution in [1.29, 1.82) is 0 Å². The number of ether oxygens (including phenoxy) is 1. The van der Waals surface area contributed by atoms with Crippen LogP contribution in [0.1, 0.15) is 21.5 Å². The first kappa shape index (κ1) is 14.9. The summed E-state index contributed by atoms with van der Waals surface area (Å²) in [7, 11) is 1.35. The van der Waals surface area contributed by atoms with Crippen molar-refractivity contribution < 1.29 is 9.53 Å². The highest BCUT2D eigenvalue weighted by molar-refractivity contribution is 5.98. The average Bonchev–Trinajstić information content (AvgIpc) is 2.50. The monoisotopic (exact) mass is 284 g/mol. The van der Waals surface area contributed by atoms with Gasteiger partial charge in [0, 0.05) is 6.54 Å². The van der Waals surface area contributed by atoms with E-state index in [1.807, 2.05) is 18.2 Å². The number of anilines is 2. The molecule has 0 aliphatic rings. The third-order valence-electron chi connectivity index (χ3n) is 3.48. The van der Waals surface area contributed by atoms with Crippen molar-refractivity contribution in [2.75, 3.05) is 24.7 Å². The van der Waals surface area contributed by atoms with Crippen molar-refractivity contribution in [3.05, 3.63) is 59.2 Å². The summed E-state index contributed by atoms with van der Waals surface area (Å²) in [5, 5.41) is 3.28. The number of para-hydroxylation sites is 1. The molecule has 21 heavy (non-hydrogen) atoms. The Balaban J connectivity index is 2.04. The third-order valence-corrected chi connectivity index (χ3v) is 3.48. The lowest BCUT2D eigenvalue weighted by Gasteiger charge is -2.12. The largest absolute Gasteiger partial charge is 0.465 e. The summed E-state index contributed by atoms with van der Waals surface area (Å²) >= 11 is 0. The maximum absolute atomic E-state index is 11.6. The molecular formula is C17H20N2O2. The van der Waals surface area contributed by atoms with Crippen LogP contribution < -0.4 is 11.1 Å². The van der Waals surface area contributed by atoms with E-state index in [1.165, 1.54) is 18.2 Å². The molecule has 2 rings (SSSR count). The number of methoxy groups -OCH3 is 1. The van der Waals surface area contributed by atoms with Crippen LogP contribution >= 0.6 is 0 Å². The highest BCUT2D eigenvalue weighted by atomic mass is 16.5. The zero-order valence-electron chi connectivity index (χ0n) is 12.3. The Labute approximate surface area is 124 Å². The van der Waals surface area contributed by atoms with Crippen LogP contribution in [-0.4, -0.2) is 19.6 Å². The fourth-order valence-corrected chi connectivity index (χ4v) is 2.23. The molecule has 3 N–H and O–H groups in total. The van der Waals surface area contributed by atoms with E-state index in [-0.39, 0.29) is 0 Å². The van der Waals surface area contributed by atoms with Crippen LogP contribution in [0.25, 0.3) is 0 Å². The zero-order chi connectivity index (χ0) is 15.2. The second-order valence-corrected chi connectivity index (χ2v) is 4.86. The molecule has 0 amide bonds. The van der Waals surface area contributed by atoms with E-state index in [0.717, 1.165) is 18.7 Å². The molecule has 0 aliphatic carbocycles. The van der Waals surface area contributed by atoms with E-state index in [4.69, 9.17) is 10.5 Å². The van der Waals surface area contributed by atoms with Gasteiger partial charge in [-0.15, -0.1) is 0 Å². The topological polar surface area (TPSA) is 64.3 Å². The van der Waals surface area contributed by atoms with Gasteiger partial charge in [0.05, 0.1) is 24.0 Å². The van der Waals surface area contributed by atoms with Gasteiger partial charge in [-0.3, -0.25) is 0 Å². The molecule has 0 aromatic heterocycles. The Morgan fingerprint density at radius 2 is 1.95 bits per heavy atom. The van der Waals surface area contributed by atoms with Gasteiger partial charge in [0.2, 0.25) is 0 Å². The number of rotatable bonds is 5. The fourth-order valence-electron chi connectivity index (χ4n) is 2.23. The lowest BCUT2D eigenvalue weighted by molar-refractivity contribution is 0.0602. The normalized spacial score (nSPS) is 10.2. The molecule has 0 atom stereocenters. The van der Waals surface area contributed by atoms with E-state index >= 15 is 0 Å². The number of nitrogens with one attached hydrogen (secondary N) is 1. The summed E-state index contributed by atoms with van der Waals surface area (Å²) in [5.41, 5.74) is 10.1. The van der Waals surface area contributed by atoms with Gasteiger partial charge in [-0.25, -0.2) is 4.79 Å². The first-order valence-corrected chi connectivity index (χ1v) is 6.88. The molecule has 110 valence electrons. The number of esters is 1. The minimum Gasteiger partial charge on any atom is -0.465 e. The van der Waals surface area contributed by atoms with Gasteiger partial charge in [0.1, 0.15) is 0 Å². The molecule has 2 aromatic carbocycles. The SMILES string of the molecule is COC(=O)c1cccc(NCCc2ccccc2C)c1N. The maximum atomic E-state index is 11.6. The van der Waals surface area contributed by atoms with Crippen LogP contribution in [0.2, 0.25) is 0 Å². The van der Waals surface area contributed by atoms with E-state index in [0.29, 0.717) is 11.3 Å². The molecule has 0 bridgehead atoms. The number of nitrogens with two attached hydrogens (primary N) is 1. The summed E-state index contributed by atoms with van der Waals surface area (Å²) < 4.78 is 4.71. The number of hydrogen-bond donors (Lipinski definition) is 2. The predicted octanol–water partition coefficient (Wildman–Crippen LogP) is 3.02. The Kier molecular flexibility index (Phi) is 4.82. The second-order valence-electron chi connectivity index (χ2n) is 4.86. The number of hydrogen-bond acceptors (Lipinski definition) is 4. The second kappa shape index (κ2) is 6.79. The number of aryl methyl sites for hydroxylation is 1. The van der Waals surface area contributed by atoms with Gasteiger partial charge in [-0.1, -0.05) is 30.3 Å². The molecule has 0 fully saturated rings. The zero-order valence-corrected chi connectivity index (χ0v) is 12.3. The smallest absolute Gasteiger partial charge is 0.340 e. The van der Waals surface area contributed by atoms with Crippen molar-refractivity contribution in [3.63, 3.8) is 0 Å². The molecule has 0 saturated heterocycles. The van der Waals surface area contributed by atoms with Gasteiger partial charge in [-0.2, -0.15) is 0 Å². The molecule has 0 unspecified atom stereocenters. The first-order chi connectivity index (χ1) is 10.1. The molecule has 4 nitrogen and oxygen atoms in total. The van der Waals surface area contributed by atoms with E-state index in [2.05, 4.69) is 24.4 Å². The summed E-state index contributed by atoms with van der Waals surface area (Å²) in [4.78, 5) is 11.6. The predicted molar refractivity (Wildman–Crippen MR) is 85.6 cm³/mol. The van der Waals surface area contributed by atoms with Crippen LogP contribution in [0.4, 0.5) is 11.4 Å². The van der Waals surface area contributed by atoms with Crippen molar-refractivity contribution >= 4 is 17.3 Å². The van der Waals surface area contributed by atoms with Crippen molar-refractivity contribution in [1.82, 2.24) is 0 Å². The summed E-state index contributed by atoms with van der Waals surface area (Å²) in [6.07, 6.45) is 0.897. The van der Waals surface area contributed by atoms with Gasteiger partial charge >= 0.3 is 5.97 Å². The van der Waals surface area contributed by atoms with Crippen LogP contribution in [-0.2, 0) is 11.2 Å². The minimum absolute atomic E-state index is 0.387.